The number of thioether (sulfide) groups is 1. The lowest BCUT2D eigenvalue weighted by Gasteiger charge is -2.29. The van der Waals surface area contributed by atoms with Crippen LogP contribution in [0.3, 0.4) is 0 Å². The van der Waals surface area contributed by atoms with Crippen LogP contribution in [0.5, 0.6) is 0 Å². The van der Waals surface area contributed by atoms with Crippen molar-refractivity contribution in [3.05, 3.63) is 15.6 Å². The van der Waals surface area contributed by atoms with E-state index in [0.717, 1.165) is 28.5 Å². The van der Waals surface area contributed by atoms with Gasteiger partial charge in [0.25, 0.3) is 0 Å². The molecule has 1 saturated carbocycles. The second kappa shape index (κ2) is 10.8. The number of aliphatic imine (C=N–C) groups is 1. The summed E-state index contributed by atoms with van der Waals surface area (Å²) in [5.41, 5.74) is 1.11. The molecule has 7 heteroatoms. The molecule has 2 N–H and O–H groups in total. The highest BCUT2D eigenvalue weighted by atomic mass is 127. The fraction of sp³-hybridized carbons (Fsp3) is 0.750. The molecular formula is C16H29IN4S2. The highest BCUT2D eigenvalue weighted by Gasteiger charge is 2.21. The summed E-state index contributed by atoms with van der Waals surface area (Å²) in [6.07, 6.45) is 7.38. The maximum absolute atomic E-state index is 4.76. The van der Waals surface area contributed by atoms with Gasteiger partial charge in [-0.05, 0) is 46.3 Å². The fourth-order valence-corrected chi connectivity index (χ4v) is 4.56. The normalized spacial score (nSPS) is 21.7. The largest absolute Gasteiger partial charge is 0.357 e. The molecule has 2 rings (SSSR count). The number of nitrogens with zero attached hydrogens (tertiary/aromatic N) is 2. The third-order valence-corrected chi connectivity index (χ3v) is 6.18. The van der Waals surface area contributed by atoms with Crippen molar-refractivity contribution in [3.8, 4) is 0 Å². The first-order valence-electron chi connectivity index (χ1n) is 8.13. The summed E-state index contributed by atoms with van der Waals surface area (Å²) in [5, 5.41) is 8.92. The van der Waals surface area contributed by atoms with Gasteiger partial charge >= 0.3 is 0 Å². The predicted molar refractivity (Wildman–Crippen MR) is 115 cm³/mol. The predicted octanol–water partition coefficient (Wildman–Crippen LogP) is 4.11. The van der Waals surface area contributed by atoms with Gasteiger partial charge in [0.15, 0.2) is 5.96 Å². The molecule has 1 heterocycles. The zero-order valence-electron chi connectivity index (χ0n) is 14.5. The van der Waals surface area contributed by atoms with Crippen molar-refractivity contribution in [1.82, 2.24) is 15.6 Å². The second-order valence-electron chi connectivity index (χ2n) is 5.80. The van der Waals surface area contributed by atoms with E-state index in [1.807, 2.05) is 11.8 Å². The smallest absolute Gasteiger partial charge is 0.191 e. The Morgan fingerprint density at radius 2 is 2.17 bits per heavy atom. The van der Waals surface area contributed by atoms with Crippen molar-refractivity contribution < 1.29 is 0 Å². The number of hydrogen-bond acceptors (Lipinski definition) is 4. The van der Waals surface area contributed by atoms with Crippen molar-refractivity contribution in [2.24, 2.45) is 4.99 Å². The molecule has 0 aromatic carbocycles. The summed E-state index contributed by atoms with van der Waals surface area (Å²) in [7, 11) is 0. The van der Waals surface area contributed by atoms with Crippen molar-refractivity contribution in [3.63, 3.8) is 0 Å². The molecular weight excluding hydrogens is 439 g/mol. The van der Waals surface area contributed by atoms with Crippen LogP contribution < -0.4 is 10.6 Å². The van der Waals surface area contributed by atoms with Crippen LogP contribution in [0.4, 0.5) is 0 Å². The summed E-state index contributed by atoms with van der Waals surface area (Å²) in [6, 6.07) is 0.549. The van der Waals surface area contributed by atoms with E-state index in [9.17, 15) is 0 Å². The minimum atomic E-state index is 0. The number of thiazole rings is 1. The highest BCUT2D eigenvalue weighted by molar-refractivity contribution is 14.0. The molecule has 0 aliphatic heterocycles. The van der Waals surface area contributed by atoms with Crippen molar-refractivity contribution in [1.29, 1.82) is 0 Å². The first-order valence-corrected chi connectivity index (χ1v) is 10.2. The van der Waals surface area contributed by atoms with E-state index >= 15 is 0 Å². The maximum atomic E-state index is 4.76. The third-order valence-electron chi connectivity index (χ3n) is 4.02. The Labute approximate surface area is 165 Å². The number of guanidine groups is 1. The molecule has 2 unspecified atom stereocenters. The number of aromatic nitrogens is 1. The SMILES string of the molecule is CCNC(=NCc1sc(C)nc1C)NC1CCCC(SC)C1.I. The Bertz CT molecular complexity index is 504. The minimum Gasteiger partial charge on any atom is -0.357 e. The lowest BCUT2D eigenvalue weighted by atomic mass is 9.95. The van der Waals surface area contributed by atoms with Gasteiger partial charge in [-0.25, -0.2) is 9.98 Å². The van der Waals surface area contributed by atoms with Crippen LogP contribution in [0.1, 0.15) is 48.2 Å². The van der Waals surface area contributed by atoms with Crippen molar-refractivity contribution >= 4 is 53.0 Å². The van der Waals surface area contributed by atoms with E-state index in [-0.39, 0.29) is 24.0 Å². The van der Waals surface area contributed by atoms with Crippen LogP contribution in [-0.4, -0.2) is 35.0 Å². The van der Waals surface area contributed by atoms with Gasteiger partial charge in [0.1, 0.15) is 0 Å². The molecule has 0 spiro atoms. The van der Waals surface area contributed by atoms with Crippen LogP contribution >= 0.6 is 47.1 Å². The van der Waals surface area contributed by atoms with Gasteiger partial charge < -0.3 is 10.6 Å². The molecule has 1 aromatic rings. The molecule has 1 aliphatic carbocycles. The van der Waals surface area contributed by atoms with Gasteiger partial charge in [0, 0.05) is 22.7 Å². The Hall–Kier alpha value is -0.0200. The Morgan fingerprint density at radius 1 is 1.39 bits per heavy atom. The lowest BCUT2D eigenvalue weighted by Crippen LogP contribution is -2.45. The molecule has 0 radical (unpaired) electrons. The van der Waals surface area contributed by atoms with Gasteiger partial charge in [0.05, 0.1) is 17.2 Å². The average Bonchev–Trinajstić information content (AvgIpc) is 2.83. The Kier molecular flexibility index (Phi) is 9.84. The first-order chi connectivity index (χ1) is 10.6. The topological polar surface area (TPSA) is 49.3 Å². The zero-order chi connectivity index (χ0) is 15.9. The number of rotatable bonds is 5. The van der Waals surface area contributed by atoms with E-state index in [1.54, 1.807) is 11.3 Å². The summed E-state index contributed by atoms with van der Waals surface area (Å²) in [4.78, 5) is 10.5. The van der Waals surface area contributed by atoms with Gasteiger partial charge in [-0.1, -0.05) is 6.42 Å². The summed E-state index contributed by atoms with van der Waals surface area (Å²) in [5.74, 6) is 0.944. The minimum absolute atomic E-state index is 0. The monoisotopic (exact) mass is 468 g/mol. The molecule has 132 valence electrons. The Morgan fingerprint density at radius 3 is 2.78 bits per heavy atom. The highest BCUT2D eigenvalue weighted by Crippen LogP contribution is 2.26. The van der Waals surface area contributed by atoms with E-state index in [4.69, 9.17) is 4.99 Å². The van der Waals surface area contributed by atoms with E-state index in [2.05, 4.69) is 42.6 Å². The molecule has 4 nitrogen and oxygen atoms in total. The van der Waals surface area contributed by atoms with Gasteiger partial charge in [-0.2, -0.15) is 11.8 Å². The Balaban J connectivity index is 0.00000264. The van der Waals surface area contributed by atoms with Crippen LogP contribution in [0.25, 0.3) is 0 Å². The van der Waals surface area contributed by atoms with Crippen LogP contribution in [0.2, 0.25) is 0 Å². The van der Waals surface area contributed by atoms with Gasteiger partial charge in [-0.3, -0.25) is 0 Å². The second-order valence-corrected chi connectivity index (χ2v) is 8.23. The average molecular weight is 468 g/mol. The molecule has 1 aliphatic rings. The van der Waals surface area contributed by atoms with Crippen LogP contribution in [0.15, 0.2) is 4.99 Å². The van der Waals surface area contributed by atoms with Crippen molar-refractivity contribution in [2.75, 3.05) is 12.8 Å². The fourth-order valence-electron chi connectivity index (χ4n) is 2.87. The standard InChI is InChI=1S/C16H28N4S2.HI/c1-5-17-16(18-10-15-11(2)19-12(3)22-15)20-13-7-6-8-14(9-13)21-4;/h13-14H,5-10H2,1-4H3,(H2,17,18,20);1H. The van der Waals surface area contributed by atoms with Gasteiger partial charge in [-0.15, -0.1) is 35.3 Å². The van der Waals surface area contributed by atoms with Crippen LogP contribution in [-0.2, 0) is 6.54 Å². The lowest BCUT2D eigenvalue weighted by molar-refractivity contribution is 0.419. The quantitative estimate of drug-likeness (QED) is 0.388. The molecule has 23 heavy (non-hydrogen) atoms. The molecule has 0 amide bonds. The third kappa shape index (κ3) is 6.78. The van der Waals surface area contributed by atoms with E-state index in [1.165, 1.54) is 30.6 Å². The van der Waals surface area contributed by atoms with Gasteiger partial charge in [0.2, 0.25) is 0 Å². The molecule has 2 atom stereocenters. The van der Waals surface area contributed by atoms with Crippen LogP contribution in [0, 0.1) is 13.8 Å². The molecule has 0 saturated heterocycles. The van der Waals surface area contributed by atoms with Crippen molar-refractivity contribution in [2.45, 2.75) is 64.3 Å². The maximum Gasteiger partial charge on any atom is 0.191 e. The molecule has 0 bridgehead atoms. The summed E-state index contributed by atoms with van der Waals surface area (Å²) < 4.78 is 0. The summed E-state index contributed by atoms with van der Waals surface area (Å²) in [6.45, 7) is 7.85. The summed E-state index contributed by atoms with van der Waals surface area (Å²) >= 11 is 3.75. The zero-order valence-corrected chi connectivity index (χ0v) is 18.5. The number of halogens is 1. The molecule has 1 aromatic heterocycles. The van der Waals surface area contributed by atoms with E-state index < -0.39 is 0 Å². The number of aryl methyl sites for hydroxylation is 2. The molecule has 1 fully saturated rings. The number of hydrogen-bond donors (Lipinski definition) is 2. The van der Waals surface area contributed by atoms with E-state index in [0.29, 0.717) is 12.6 Å². The first kappa shape index (κ1) is 21.0. The number of nitrogens with one attached hydrogen (secondary N) is 2.